The van der Waals surface area contributed by atoms with E-state index in [1.807, 2.05) is 19.1 Å². The van der Waals surface area contributed by atoms with E-state index in [1.54, 1.807) is 12.1 Å². The molecule has 0 saturated carbocycles. The largest absolute Gasteiger partial charge is 0.226 e. The van der Waals surface area contributed by atoms with Gasteiger partial charge in [-0.25, -0.2) is 0 Å². The summed E-state index contributed by atoms with van der Waals surface area (Å²) in [5.74, 6) is 0. The summed E-state index contributed by atoms with van der Waals surface area (Å²) in [4.78, 5) is 0. The maximum absolute atomic E-state index is 6.44. The molecule has 0 heterocycles. The van der Waals surface area contributed by atoms with E-state index in [2.05, 4.69) is 0 Å². The van der Waals surface area contributed by atoms with Gasteiger partial charge in [-0.05, 0) is 17.5 Å². The van der Waals surface area contributed by atoms with Gasteiger partial charge in [0.15, 0.2) is 8.67 Å². The molecule has 0 bridgehead atoms. The lowest BCUT2D eigenvalue weighted by molar-refractivity contribution is 0.596. The van der Waals surface area contributed by atoms with Gasteiger partial charge in [-0.1, -0.05) is 142 Å². The summed E-state index contributed by atoms with van der Waals surface area (Å²) in [7, 11) is 0. The smallest absolute Gasteiger partial charge is 0.0943 e. The van der Waals surface area contributed by atoms with Crippen LogP contribution in [0.5, 0.6) is 0 Å². The molecule has 0 unspecified atom stereocenters. The third-order valence-corrected chi connectivity index (χ3v) is 8.47. The molecule has 0 nitrogen and oxygen atoms in total. The van der Waals surface area contributed by atoms with Crippen LogP contribution in [0.3, 0.4) is 0 Å². The summed E-state index contributed by atoms with van der Waals surface area (Å²) >= 11 is 55.0. The molecule has 0 aliphatic heterocycles. The standard InChI is InChI=1S/C13H11Cl9/c1-2-5-8-6-3-4-7-9(8)10(14,15)11(16,17)12(18,19)13(20,21)22/h3-4,6-7H,2,5H2,1H3. The summed E-state index contributed by atoms with van der Waals surface area (Å²) in [5.41, 5.74) is 1.29. The highest BCUT2D eigenvalue weighted by Crippen LogP contribution is 2.65. The fourth-order valence-electron chi connectivity index (χ4n) is 1.86. The topological polar surface area (TPSA) is 0 Å². The van der Waals surface area contributed by atoms with Crippen molar-refractivity contribution < 1.29 is 0 Å². The molecule has 0 aliphatic rings. The van der Waals surface area contributed by atoms with E-state index in [4.69, 9.17) is 104 Å². The minimum absolute atomic E-state index is 0.449. The molecule has 22 heavy (non-hydrogen) atoms. The van der Waals surface area contributed by atoms with Crippen LogP contribution in [0.2, 0.25) is 0 Å². The average molecular weight is 486 g/mol. The number of hydrogen-bond acceptors (Lipinski definition) is 0. The van der Waals surface area contributed by atoms with Crippen LogP contribution < -0.4 is 0 Å². The number of halogens is 9. The summed E-state index contributed by atoms with van der Waals surface area (Å²) in [5, 5.41) is 0. The van der Waals surface area contributed by atoms with E-state index in [-0.39, 0.29) is 0 Å². The zero-order valence-corrected chi connectivity index (χ0v) is 17.9. The molecule has 126 valence electrons. The molecule has 1 aromatic carbocycles. The number of rotatable bonds is 5. The molecule has 1 rings (SSSR count). The molecule has 9 heteroatoms. The van der Waals surface area contributed by atoms with Gasteiger partial charge >= 0.3 is 0 Å². The highest BCUT2D eigenvalue weighted by atomic mass is 35.6. The Kier molecular flexibility index (Phi) is 7.56. The van der Waals surface area contributed by atoms with Crippen LogP contribution in [0.4, 0.5) is 0 Å². The van der Waals surface area contributed by atoms with Crippen molar-refractivity contribution in [2.24, 2.45) is 0 Å². The van der Waals surface area contributed by atoms with Crippen molar-refractivity contribution in [3.05, 3.63) is 35.4 Å². The average Bonchev–Trinajstić information content (AvgIpc) is 2.37. The molecule has 0 radical (unpaired) electrons. The lowest BCUT2D eigenvalue weighted by Crippen LogP contribution is -2.55. The monoisotopic (exact) mass is 482 g/mol. The van der Waals surface area contributed by atoms with Gasteiger partial charge in [-0.15, -0.1) is 0 Å². The Bertz CT molecular complexity index is 516. The number of alkyl halides is 9. The Labute approximate surface area is 175 Å². The number of hydrogen-bond donors (Lipinski definition) is 0. The van der Waals surface area contributed by atoms with Crippen LogP contribution in [0, 0.1) is 0 Å². The van der Waals surface area contributed by atoms with E-state index in [0.717, 1.165) is 12.0 Å². The predicted molar refractivity (Wildman–Crippen MR) is 103 cm³/mol. The van der Waals surface area contributed by atoms with E-state index in [9.17, 15) is 0 Å². The van der Waals surface area contributed by atoms with Crippen LogP contribution in [0.15, 0.2) is 24.3 Å². The summed E-state index contributed by atoms with van der Waals surface area (Å²) in [6.45, 7) is 2.00. The van der Waals surface area contributed by atoms with Crippen LogP contribution in [-0.4, -0.2) is 12.5 Å². The third kappa shape index (κ3) is 3.97. The van der Waals surface area contributed by atoms with Gasteiger partial charge < -0.3 is 0 Å². The van der Waals surface area contributed by atoms with Gasteiger partial charge in [0.05, 0.1) is 0 Å². The van der Waals surface area contributed by atoms with Crippen LogP contribution in [-0.2, 0) is 10.8 Å². The zero-order valence-electron chi connectivity index (χ0n) is 11.1. The van der Waals surface area contributed by atoms with Crippen molar-refractivity contribution in [3.8, 4) is 0 Å². The molecule has 0 amide bonds. The molecule has 0 spiro atoms. The first-order valence-electron chi connectivity index (χ1n) is 6.09. The number of aryl methyl sites for hydroxylation is 1. The Morgan fingerprint density at radius 1 is 0.773 bits per heavy atom. The Morgan fingerprint density at radius 2 is 1.27 bits per heavy atom. The zero-order chi connectivity index (χ0) is 17.4. The van der Waals surface area contributed by atoms with E-state index in [1.165, 1.54) is 0 Å². The molecule has 1 aromatic rings. The second kappa shape index (κ2) is 7.60. The maximum atomic E-state index is 6.44. The first-order valence-corrected chi connectivity index (χ1v) is 9.49. The van der Waals surface area contributed by atoms with Crippen molar-refractivity contribution in [1.29, 1.82) is 0 Å². The maximum Gasteiger partial charge on any atom is 0.226 e. The first-order chi connectivity index (χ1) is 9.80. The fraction of sp³-hybridized carbons (Fsp3) is 0.538. The highest BCUT2D eigenvalue weighted by Gasteiger charge is 2.68. The van der Waals surface area contributed by atoms with Gasteiger partial charge in [-0.3, -0.25) is 0 Å². The molecule has 0 fully saturated rings. The van der Waals surface area contributed by atoms with Crippen molar-refractivity contribution in [2.45, 2.75) is 36.6 Å². The Hall–Kier alpha value is 1.83. The van der Waals surface area contributed by atoms with Crippen LogP contribution in [0.1, 0.15) is 24.5 Å². The summed E-state index contributed by atoms with van der Waals surface area (Å²) in [6.07, 6.45) is 1.56. The van der Waals surface area contributed by atoms with Gasteiger partial charge in [0, 0.05) is 0 Å². The fourth-order valence-corrected chi connectivity index (χ4v) is 4.19. The van der Waals surface area contributed by atoms with Crippen LogP contribution >= 0.6 is 104 Å². The molecule has 0 N–H and O–H groups in total. The van der Waals surface area contributed by atoms with Crippen LogP contribution in [0.25, 0.3) is 0 Å². The predicted octanol–water partition coefficient (Wildman–Crippen LogP) is 7.99. The second-order valence-electron chi connectivity index (χ2n) is 4.63. The minimum atomic E-state index is -2.28. The number of benzene rings is 1. The van der Waals surface area contributed by atoms with Crippen molar-refractivity contribution in [2.75, 3.05) is 0 Å². The highest BCUT2D eigenvalue weighted by molar-refractivity contribution is 6.80. The van der Waals surface area contributed by atoms with Gasteiger partial charge in [0.25, 0.3) is 0 Å². The molecular formula is C13H11Cl9. The summed E-state index contributed by atoms with van der Waals surface area (Å²) in [6, 6.07) is 7.10. The van der Waals surface area contributed by atoms with E-state index < -0.39 is 16.8 Å². The van der Waals surface area contributed by atoms with Crippen molar-refractivity contribution in [1.82, 2.24) is 0 Å². The summed E-state index contributed by atoms with van der Waals surface area (Å²) < 4.78 is -8.65. The molecular weight excluding hydrogens is 475 g/mol. The lowest BCUT2D eigenvalue weighted by atomic mass is 9.97. The van der Waals surface area contributed by atoms with Crippen molar-refractivity contribution in [3.63, 3.8) is 0 Å². The SMILES string of the molecule is CCCc1ccccc1C(Cl)(Cl)C(Cl)(Cl)C(Cl)(Cl)C(Cl)(Cl)Cl. The van der Waals surface area contributed by atoms with E-state index >= 15 is 0 Å². The Balaban J connectivity index is 3.46. The Morgan fingerprint density at radius 3 is 1.73 bits per heavy atom. The van der Waals surface area contributed by atoms with Crippen molar-refractivity contribution >= 4 is 104 Å². The molecule has 0 aromatic heterocycles. The van der Waals surface area contributed by atoms with Gasteiger partial charge in [0.1, 0.15) is 0 Å². The molecule has 0 saturated heterocycles. The van der Waals surface area contributed by atoms with Gasteiger partial charge in [0.2, 0.25) is 8.13 Å². The molecule has 0 aliphatic carbocycles. The third-order valence-electron chi connectivity index (χ3n) is 3.02. The second-order valence-corrected chi connectivity index (χ2v) is 10.9. The lowest BCUT2D eigenvalue weighted by Gasteiger charge is -2.44. The minimum Gasteiger partial charge on any atom is -0.0943 e. The van der Waals surface area contributed by atoms with Gasteiger partial charge in [-0.2, -0.15) is 0 Å². The quantitative estimate of drug-likeness (QED) is 0.370. The first kappa shape index (κ1) is 21.9. The molecule has 0 atom stereocenters. The van der Waals surface area contributed by atoms with E-state index in [0.29, 0.717) is 12.0 Å². The normalized spacial score (nSPS) is 14.3.